The molecule has 5 heteroatoms. The Labute approximate surface area is 248 Å². The van der Waals surface area contributed by atoms with E-state index in [0.717, 1.165) is 67.2 Å². The first-order valence-corrected chi connectivity index (χ1v) is 16.3. The van der Waals surface area contributed by atoms with Crippen LogP contribution >= 0.6 is 0 Å². The number of hydrogen-bond donors (Lipinski definition) is 0. The van der Waals surface area contributed by atoms with Gasteiger partial charge >= 0.3 is 0 Å². The lowest BCUT2D eigenvalue weighted by Gasteiger charge is -2.19. The van der Waals surface area contributed by atoms with Crippen LogP contribution in [0.3, 0.4) is 0 Å². The fourth-order valence-electron chi connectivity index (χ4n) is 5.16. The van der Waals surface area contributed by atoms with Crippen LogP contribution in [0.1, 0.15) is 116 Å². The van der Waals surface area contributed by atoms with Crippen molar-refractivity contribution in [1.29, 1.82) is 0 Å². The predicted molar refractivity (Wildman–Crippen MR) is 172 cm³/mol. The molecule has 1 aromatic heterocycles. The molecule has 5 nitrogen and oxygen atoms in total. The van der Waals surface area contributed by atoms with Crippen molar-refractivity contribution in [2.24, 2.45) is 0 Å². The molecule has 0 unspecified atom stereocenters. The van der Waals surface area contributed by atoms with Gasteiger partial charge in [-0.3, -0.25) is 4.79 Å². The third kappa shape index (κ3) is 10.8. The van der Waals surface area contributed by atoms with Gasteiger partial charge in [-0.25, -0.2) is 0 Å². The van der Waals surface area contributed by atoms with Crippen molar-refractivity contribution in [2.45, 2.75) is 124 Å². The maximum absolute atomic E-state index is 14.0. The fraction of sp³-hybridized carbons (Fsp3) is 0.583. The highest BCUT2D eigenvalue weighted by molar-refractivity contribution is 5.89. The number of fused-ring (bicyclic) bond motifs is 1. The first-order valence-electron chi connectivity index (χ1n) is 16.3. The van der Waals surface area contributed by atoms with Crippen molar-refractivity contribution >= 4 is 10.9 Å². The first kappa shape index (κ1) is 32.6. The van der Waals surface area contributed by atoms with E-state index in [4.69, 9.17) is 14.2 Å². The molecule has 41 heavy (non-hydrogen) atoms. The standard InChI is InChI=1S/C36H53NO4/c1-4-7-10-13-14-20-27-40-35-34(39-26-19-12-9-6-3)32-24-23-31(41-29-30-21-16-15-17-22-30)28-33(32)37(36(35)38)25-18-11-8-5-2/h15-17,21-24,28H,4-14,18-20,25-27,29H2,1-3H3. The minimum absolute atomic E-state index is 0.0938. The molecule has 1 heterocycles. The molecule has 0 aliphatic rings. The second-order valence-corrected chi connectivity index (χ2v) is 11.2. The minimum Gasteiger partial charge on any atom is -0.489 e. The van der Waals surface area contributed by atoms with Gasteiger partial charge in [-0.15, -0.1) is 0 Å². The Balaban J connectivity index is 1.91. The minimum atomic E-state index is -0.0938. The summed E-state index contributed by atoms with van der Waals surface area (Å²) in [5.74, 6) is 1.71. The van der Waals surface area contributed by atoms with Crippen molar-refractivity contribution in [1.82, 2.24) is 4.57 Å². The monoisotopic (exact) mass is 563 g/mol. The molecular formula is C36H53NO4. The summed E-state index contributed by atoms with van der Waals surface area (Å²) in [6, 6.07) is 16.2. The number of ether oxygens (including phenoxy) is 3. The summed E-state index contributed by atoms with van der Waals surface area (Å²) >= 11 is 0. The summed E-state index contributed by atoms with van der Waals surface area (Å²) in [5.41, 5.74) is 1.87. The molecule has 0 radical (unpaired) electrons. The van der Waals surface area contributed by atoms with Crippen LogP contribution in [0.15, 0.2) is 53.3 Å². The van der Waals surface area contributed by atoms with E-state index in [9.17, 15) is 4.79 Å². The molecule has 0 aliphatic heterocycles. The van der Waals surface area contributed by atoms with Crippen LogP contribution in [-0.4, -0.2) is 17.8 Å². The van der Waals surface area contributed by atoms with E-state index >= 15 is 0 Å². The maximum atomic E-state index is 14.0. The van der Waals surface area contributed by atoms with Crippen molar-refractivity contribution < 1.29 is 14.2 Å². The number of benzene rings is 2. The Hall–Kier alpha value is -2.95. The second-order valence-electron chi connectivity index (χ2n) is 11.2. The van der Waals surface area contributed by atoms with Crippen LogP contribution < -0.4 is 19.8 Å². The van der Waals surface area contributed by atoms with E-state index in [1.54, 1.807) is 0 Å². The molecule has 0 N–H and O–H groups in total. The van der Waals surface area contributed by atoms with Crippen LogP contribution in [0.2, 0.25) is 0 Å². The maximum Gasteiger partial charge on any atom is 0.297 e. The van der Waals surface area contributed by atoms with Gasteiger partial charge in [0.15, 0.2) is 5.75 Å². The van der Waals surface area contributed by atoms with Gasteiger partial charge in [-0.1, -0.05) is 122 Å². The van der Waals surface area contributed by atoms with Crippen LogP contribution in [0.5, 0.6) is 17.2 Å². The molecule has 0 atom stereocenters. The summed E-state index contributed by atoms with van der Waals surface area (Å²) in [6.45, 7) is 8.90. The number of aryl methyl sites for hydroxylation is 1. The molecule has 0 aliphatic carbocycles. The fourth-order valence-corrected chi connectivity index (χ4v) is 5.16. The van der Waals surface area contributed by atoms with Crippen molar-refractivity contribution in [3.05, 3.63) is 64.4 Å². The van der Waals surface area contributed by atoms with Gasteiger partial charge in [0, 0.05) is 18.0 Å². The number of nitrogens with zero attached hydrogens (tertiary/aromatic N) is 1. The zero-order valence-corrected chi connectivity index (χ0v) is 25.9. The Morgan fingerprint density at radius 2 is 1.20 bits per heavy atom. The van der Waals surface area contributed by atoms with E-state index in [0.29, 0.717) is 37.9 Å². The highest BCUT2D eigenvalue weighted by atomic mass is 16.5. The van der Waals surface area contributed by atoms with Crippen molar-refractivity contribution in [3.8, 4) is 17.2 Å². The zero-order valence-electron chi connectivity index (χ0n) is 25.9. The summed E-state index contributed by atoms with van der Waals surface area (Å²) in [6.07, 6.45) is 15.9. The average Bonchev–Trinajstić information content (AvgIpc) is 3.00. The van der Waals surface area contributed by atoms with E-state index in [1.807, 2.05) is 41.0 Å². The Morgan fingerprint density at radius 1 is 0.610 bits per heavy atom. The third-order valence-corrected chi connectivity index (χ3v) is 7.62. The Kier molecular flexibility index (Phi) is 15.3. The number of hydrogen-bond acceptors (Lipinski definition) is 4. The molecule has 0 fully saturated rings. The molecule has 0 spiro atoms. The molecule has 0 amide bonds. The van der Waals surface area contributed by atoms with Gasteiger partial charge in [-0.2, -0.15) is 0 Å². The Morgan fingerprint density at radius 3 is 1.88 bits per heavy atom. The normalized spacial score (nSPS) is 11.2. The summed E-state index contributed by atoms with van der Waals surface area (Å²) in [4.78, 5) is 14.0. The average molecular weight is 564 g/mol. The van der Waals surface area contributed by atoms with Gasteiger partial charge in [0.05, 0.1) is 18.7 Å². The lowest BCUT2D eigenvalue weighted by molar-refractivity contribution is 0.256. The number of rotatable bonds is 22. The summed E-state index contributed by atoms with van der Waals surface area (Å²) in [7, 11) is 0. The quantitative estimate of drug-likeness (QED) is 0.114. The highest BCUT2D eigenvalue weighted by Crippen LogP contribution is 2.35. The summed E-state index contributed by atoms with van der Waals surface area (Å²) in [5, 5.41) is 0.917. The van der Waals surface area contributed by atoms with E-state index in [-0.39, 0.29) is 5.56 Å². The lowest BCUT2D eigenvalue weighted by Crippen LogP contribution is -2.24. The molecule has 0 bridgehead atoms. The Bertz CT molecular complexity index is 1190. The van der Waals surface area contributed by atoms with Crippen LogP contribution in [0.4, 0.5) is 0 Å². The molecule has 226 valence electrons. The summed E-state index contributed by atoms with van der Waals surface area (Å²) < 4.78 is 20.7. The van der Waals surface area contributed by atoms with Crippen molar-refractivity contribution in [3.63, 3.8) is 0 Å². The van der Waals surface area contributed by atoms with Crippen LogP contribution in [0.25, 0.3) is 10.9 Å². The predicted octanol–water partition coefficient (Wildman–Crippen LogP) is 9.86. The highest BCUT2D eigenvalue weighted by Gasteiger charge is 2.20. The molecule has 2 aromatic carbocycles. The smallest absolute Gasteiger partial charge is 0.297 e. The molecule has 0 saturated heterocycles. The SMILES string of the molecule is CCCCCCCCOc1c(OCCCCCC)c2ccc(OCc3ccccc3)cc2n(CCCCCC)c1=O. The third-order valence-electron chi connectivity index (χ3n) is 7.62. The lowest BCUT2D eigenvalue weighted by atomic mass is 10.1. The van der Waals surface area contributed by atoms with Crippen molar-refractivity contribution in [2.75, 3.05) is 13.2 Å². The zero-order chi connectivity index (χ0) is 29.1. The van der Waals surface area contributed by atoms with Crippen LogP contribution in [-0.2, 0) is 13.2 Å². The van der Waals surface area contributed by atoms with Gasteiger partial charge in [0.25, 0.3) is 5.56 Å². The van der Waals surface area contributed by atoms with Gasteiger partial charge in [0.1, 0.15) is 12.4 Å². The molecule has 3 aromatic rings. The molecule has 3 rings (SSSR count). The van der Waals surface area contributed by atoms with E-state index in [2.05, 4.69) is 32.9 Å². The molecule has 0 saturated carbocycles. The number of aromatic nitrogens is 1. The topological polar surface area (TPSA) is 49.7 Å². The van der Waals surface area contributed by atoms with Gasteiger partial charge < -0.3 is 18.8 Å². The van der Waals surface area contributed by atoms with Crippen LogP contribution in [0, 0.1) is 0 Å². The van der Waals surface area contributed by atoms with E-state index in [1.165, 1.54) is 44.9 Å². The van der Waals surface area contributed by atoms with Gasteiger partial charge in [-0.05, 0) is 37.0 Å². The first-order chi connectivity index (χ1) is 20.2. The second kappa shape index (κ2) is 19.2. The largest absolute Gasteiger partial charge is 0.489 e. The van der Waals surface area contributed by atoms with E-state index < -0.39 is 0 Å². The van der Waals surface area contributed by atoms with Gasteiger partial charge in [0.2, 0.25) is 5.75 Å². The number of pyridine rings is 1. The molecular weight excluding hydrogens is 510 g/mol. The number of unbranched alkanes of at least 4 members (excludes halogenated alkanes) is 11.